The van der Waals surface area contributed by atoms with Crippen LogP contribution in [0.15, 0.2) is 59.1 Å². The zero-order chi connectivity index (χ0) is 21.8. The van der Waals surface area contributed by atoms with Gasteiger partial charge in [-0.25, -0.2) is 4.79 Å². The smallest absolute Gasteiger partial charge is 0.432 e. The number of ketones is 1. The molecule has 0 bridgehead atoms. The largest absolute Gasteiger partial charge is 0.478 e. The predicted molar refractivity (Wildman–Crippen MR) is 109 cm³/mol. The van der Waals surface area contributed by atoms with Crippen LogP contribution >= 0.6 is 15.9 Å². The highest BCUT2D eigenvalue weighted by atomic mass is 79.9. The molecular formula is C22H13BrF3NO3. The minimum absolute atomic E-state index is 0.0636. The number of rotatable bonds is 3. The van der Waals surface area contributed by atoms with Crippen molar-refractivity contribution in [3.63, 3.8) is 0 Å². The van der Waals surface area contributed by atoms with Crippen LogP contribution in [0.25, 0.3) is 16.4 Å². The second kappa shape index (κ2) is 6.98. The molecule has 0 atom stereocenters. The predicted octanol–water partition coefficient (Wildman–Crippen LogP) is 6.11. The molecule has 2 aromatic carbocycles. The molecule has 0 aliphatic heterocycles. The summed E-state index contributed by atoms with van der Waals surface area (Å²) in [5.41, 5.74) is -2.32. The van der Waals surface area contributed by atoms with Gasteiger partial charge >= 0.3 is 12.1 Å². The number of hydrogen-bond acceptors (Lipinski definition) is 2. The second-order valence-corrected chi connectivity index (χ2v) is 7.72. The zero-order valence-corrected chi connectivity index (χ0v) is 17.0. The molecule has 0 unspecified atom stereocenters. The first-order valence-electron chi connectivity index (χ1n) is 8.78. The third kappa shape index (κ3) is 3.08. The molecule has 1 N–H and O–H groups in total. The molecule has 0 aliphatic carbocycles. The first-order chi connectivity index (χ1) is 14.1. The van der Waals surface area contributed by atoms with E-state index in [1.165, 1.54) is 18.2 Å². The fourth-order valence-electron chi connectivity index (χ4n) is 3.74. The number of pyridine rings is 1. The fraction of sp³-hybridized carbons (Fsp3) is 0.0909. The number of fused-ring (bicyclic) bond motifs is 3. The summed E-state index contributed by atoms with van der Waals surface area (Å²) in [5.74, 6) is -2.60. The maximum Gasteiger partial charge on any atom is 0.432 e. The van der Waals surface area contributed by atoms with Crippen LogP contribution in [0, 0.1) is 6.92 Å². The number of carboxylic acid groups (broad SMARTS) is 1. The standard InChI is InChI=1S/C22H13BrF3NO3/c1-11-10-13-4-2-3-5-15(13)27-18(11)16(17(21(29)30)20(27)22(24,25)26)19(28)12-6-8-14(23)9-7-12/h2-10H,1H3,(H,29,30). The Kier molecular flexibility index (Phi) is 4.69. The molecule has 0 saturated carbocycles. The first-order valence-corrected chi connectivity index (χ1v) is 9.58. The molecule has 30 heavy (non-hydrogen) atoms. The summed E-state index contributed by atoms with van der Waals surface area (Å²) < 4.78 is 43.9. The minimum atomic E-state index is -4.99. The van der Waals surface area contributed by atoms with Gasteiger partial charge in [-0.2, -0.15) is 13.2 Å². The van der Waals surface area contributed by atoms with Crippen LogP contribution in [0.5, 0.6) is 0 Å². The van der Waals surface area contributed by atoms with E-state index >= 15 is 0 Å². The average Bonchev–Trinajstić information content (AvgIpc) is 3.06. The van der Waals surface area contributed by atoms with Crippen molar-refractivity contribution in [2.24, 2.45) is 0 Å². The number of halogens is 4. The van der Waals surface area contributed by atoms with Gasteiger partial charge in [0.1, 0.15) is 11.3 Å². The molecule has 0 amide bonds. The van der Waals surface area contributed by atoms with Crippen LogP contribution in [-0.4, -0.2) is 21.3 Å². The third-order valence-electron chi connectivity index (χ3n) is 4.91. The maximum absolute atomic E-state index is 14.1. The van der Waals surface area contributed by atoms with Gasteiger partial charge in [-0.1, -0.05) is 34.1 Å². The number of carbonyl (C=O) groups is 2. The Morgan fingerprint density at radius 1 is 1.00 bits per heavy atom. The molecule has 8 heteroatoms. The van der Waals surface area contributed by atoms with E-state index in [0.29, 0.717) is 15.4 Å². The van der Waals surface area contributed by atoms with Crippen molar-refractivity contribution in [1.29, 1.82) is 0 Å². The number of carbonyl (C=O) groups excluding carboxylic acids is 1. The number of nitrogens with zero attached hydrogens (tertiary/aromatic N) is 1. The summed E-state index contributed by atoms with van der Waals surface area (Å²) in [5, 5.41) is 10.2. The molecule has 2 aromatic heterocycles. The summed E-state index contributed by atoms with van der Waals surface area (Å²) >= 11 is 3.24. The van der Waals surface area contributed by atoms with Crippen molar-refractivity contribution in [3.05, 3.63) is 87.0 Å². The summed E-state index contributed by atoms with van der Waals surface area (Å²) in [4.78, 5) is 25.3. The third-order valence-corrected chi connectivity index (χ3v) is 5.44. The lowest BCUT2D eigenvalue weighted by atomic mass is 9.97. The number of alkyl halides is 3. The van der Waals surface area contributed by atoms with Crippen molar-refractivity contribution in [2.75, 3.05) is 0 Å². The van der Waals surface area contributed by atoms with Crippen LogP contribution in [0.4, 0.5) is 13.2 Å². The van der Waals surface area contributed by atoms with Gasteiger partial charge in [0, 0.05) is 10.0 Å². The SMILES string of the molecule is Cc1cc2ccccc2n2c(C(F)(F)F)c(C(=O)O)c(C(=O)c3ccc(Br)cc3)c12. The van der Waals surface area contributed by atoms with E-state index < -0.39 is 34.7 Å². The van der Waals surface area contributed by atoms with Gasteiger partial charge in [0.2, 0.25) is 0 Å². The summed E-state index contributed by atoms with van der Waals surface area (Å²) in [6.07, 6.45) is -4.99. The van der Waals surface area contributed by atoms with Crippen LogP contribution in [0.1, 0.15) is 37.5 Å². The Balaban J connectivity index is 2.24. The van der Waals surface area contributed by atoms with Crippen molar-refractivity contribution >= 4 is 44.1 Å². The van der Waals surface area contributed by atoms with E-state index in [2.05, 4.69) is 15.9 Å². The minimum Gasteiger partial charge on any atom is -0.478 e. The van der Waals surface area contributed by atoms with Crippen LogP contribution in [-0.2, 0) is 6.18 Å². The van der Waals surface area contributed by atoms with E-state index in [-0.39, 0.29) is 16.6 Å². The lowest BCUT2D eigenvalue weighted by molar-refractivity contribution is -0.142. The Hall–Kier alpha value is -3.13. The molecule has 0 fully saturated rings. The summed E-state index contributed by atoms with van der Waals surface area (Å²) in [6.45, 7) is 1.56. The van der Waals surface area contributed by atoms with Gasteiger partial charge in [-0.15, -0.1) is 0 Å². The van der Waals surface area contributed by atoms with Gasteiger partial charge in [-0.3, -0.25) is 4.79 Å². The molecular weight excluding hydrogens is 463 g/mol. The lowest BCUT2D eigenvalue weighted by Crippen LogP contribution is -2.16. The number of aromatic nitrogens is 1. The van der Waals surface area contributed by atoms with E-state index in [9.17, 15) is 27.9 Å². The molecule has 4 nitrogen and oxygen atoms in total. The number of para-hydroxylation sites is 1. The molecule has 0 saturated heterocycles. The van der Waals surface area contributed by atoms with E-state index in [4.69, 9.17) is 0 Å². The van der Waals surface area contributed by atoms with E-state index in [0.717, 1.165) is 4.40 Å². The lowest BCUT2D eigenvalue weighted by Gasteiger charge is -2.12. The highest BCUT2D eigenvalue weighted by Gasteiger charge is 2.43. The monoisotopic (exact) mass is 475 g/mol. The van der Waals surface area contributed by atoms with Gasteiger partial charge in [-0.05, 0) is 54.3 Å². The molecule has 0 aliphatic rings. The maximum atomic E-state index is 14.1. The first kappa shape index (κ1) is 20.2. The topological polar surface area (TPSA) is 58.8 Å². The van der Waals surface area contributed by atoms with E-state index in [1.54, 1.807) is 43.3 Å². The Morgan fingerprint density at radius 2 is 1.63 bits per heavy atom. The molecule has 2 heterocycles. The quantitative estimate of drug-likeness (QED) is 0.363. The fourth-order valence-corrected chi connectivity index (χ4v) is 4.01. The van der Waals surface area contributed by atoms with Gasteiger partial charge in [0.25, 0.3) is 0 Å². The average molecular weight is 476 g/mol. The molecule has 4 aromatic rings. The second-order valence-electron chi connectivity index (χ2n) is 6.81. The molecule has 0 radical (unpaired) electrons. The van der Waals surface area contributed by atoms with E-state index in [1.807, 2.05) is 0 Å². The van der Waals surface area contributed by atoms with Crippen LogP contribution in [0.3, 0.4) is 0 Å². The van der Waals surface area contributed by atoms with Crippen molar-refractivity contribution in [3.8, 4) is 0 Å². The highest BCUT2D eigenvalue weighted by molar-refractivity contribution is 9.10. The molecule has 152 valence electrons. The number of aryl methyl sites for hydroxylation is 1. The number of hydrogen-bond donors (Lipinski definition) is 1. The van der Waals surface area contributed by atoms with Crippen molar-refractivity contribution in [2.45, 2.75) is 13.1 Å². The van der Waals surface area contributed by atoms with Crippen molar-refractivity contribution in [1.82, 2.24) is 4.40 Å². The van der Waals surface area contributed by atoms with Gasteiger partial charge < -0.3 is 9.51 Å². The Bertz CT molecular complexity index is 1340. The molecule has 4 rings (SSSR count). The number of benzene rings is 2. The van der Waals surface area contributed by atoms with Gasteiger partial charge in [0.15, 0.2) is 5.78 Å². The molecule has 0 spiro atoms. The Morgan fingerprint density at radius 3 is 2.23 bits per heavy atom. The van der Waals surface area contributed by atoms with Crippen LogP contribution < -0.4 is 0 Å². The van der Waals surface area contributed by atoms with Crippen molar-refractivity contribution < 1.29 is 27.9 Å². The summed E-state index contributed by atoms with van der Waals surface area (Å²) in [6, 6.07) is 14.0. The van der Waals surface area contributed by atoms with Gasteiger partial charge in [0.05, 0.1) is 16.6 Å². The zero-order valence-electron chi connectivity index (χ0n) is 15.4. The van der Waals surface area contributed by atoms with Crippen LogP contribution in [0.2, 0.25) is 0 Å². The number of carboxylic acids is 1. The summed E-state index contributed by atoms with van der Waals surface area (Å²) in [7, 11) is 0. The highest BCUT2D eigenvalue weighted by Crippen LogP contribution is 2.40. The normalized spacial score (nSPS) is 11.9. The Labute approximate surface area is 176 Å². The number of aromatic carboxylic acids is 1.